The topological polar surface area (TPSA) is 61.0 Å². The third-order valence-electron chi connectivity index (χ3n) is 4.19. The van der Waals surface area contributed by atoms with Crippen molar-refractivity contribution >= 4 is 39.8 Å². The average Bonchev–Trinajstić information content (AvgIpc) is 2.94. The van der Waals surface area contributed by atoms with E-state index in [2.05, 4.69) is 10.3 Å². The summed E-state index contributed by atoms with van der Waals surface area (Å²) in [7, 11) is 0. The number of halogens is 1. The van der Waals surface area contributed by atoms with Crippen LogP contribution in [-0.2, 0) is 0 Å². The van der Waals surface area contributed by atoms with E-state index in [0.29, 0.717) is 28.7 Å². The Morgan fingerprint density at radius 1 is 1.28 bits per heavy atom. The third-order valence-corrected chi connectivity index (χ3v) is 4.42. The zero-order chi connectivity index (χ0) is 17.6. The number of nitrogens with zero attached hydrogens (tertiary/aromatic N) is 2. The average molecular weight is 356 g/mol. The standard InChI is InChI=1S/C19H18ClN3O2/c1-3-21-18-17-16(14-10-12(20)7-8-15(14)25-17)23(19(24)22-18)13-6-4-5-11(2)9-13/h4-10,19,24H,3H2,1-2H3,(H,21,22). The van der Waals surface area contributed by atoms with Crippen molar-refractivity contribution in [3.63, 3.8) is 0 Å². The Morgan fingerprint density at radius 2 is 2.12 bits per heavy atom. The highest BCUT2D eigenvalue weighted by Crippen LogP contribution is 2.42. The lowest BCUT2D eigenvalue weighted by molar-refractivity contribution is 0.163. The maximum absolute atomic E-state index is 10.8. The largest absolute Gasteiger partial charge is 0.451 e. The molecule has 4 rings (SSSR count). The summed E-state index contributed by atoms with van der Waals surface area (Å²) in [5.41, 5.74) is 3.43. The fraction of sp³-hybridized carbons (Fsp3) is 0.211. The number of benzene rings is 2. The summed E-state index contributed by atoms with van der Waals surface area (Å²) in [4.78, 5) is 6.24. The van der Waals surface area contributed by atoms with Gasteiger partial charge < -0.3 is 14.8 Å². The first kappa shape index (κ1) is 16.0. The van der Waals surface area contributed by atoms with E-state index in [4.69, 9.17) is 16.0 Å². The monoisotopic (exact) mass is 355 g/mol. The summed E-state index contributed by atoms with van der Waals surface area (Å²) in [5.74, 6) is 1.15. The van der Waals surface area contributed by atoms with Crippen LogP contribution in [0.3, 0.4) is 0 Å². The Hall–Kier alpha value is -2.50. The second-order valence-corrected chi connectivity index (χ2v) is 6.41. The van der Waals surface area contributed by atoms with E-state index in [-0.39, 0.29) is 0 Å². The number of fused-ring (bicyclic) bond motifs is 3. The molecule has 1 aliphatic heterocycles. The second kappa shape index (κ2) is 6.10. The predicted molar refractivity (Wildman–Crippen MR) is 101 cm³/mol. The Morgan fingerprint density at radius 3 is 2.88 bits per heavy atom. The van der Waals surface area contributed by atoms with E-state index in [0.717, 1.165) is 22.3 Å². The molecule has 0 amide bonds. The van der Waals surface area contributed by atoms with Gasteiger partial charge in [0.25, 0.3) is 0 Å². The quantitative estimate of drug-likeness (QED) is 0.724. The van der Waals surface area contributed by atoms with Gasteiger partial charge in [-0.2, -0.15) is 0 Å². The highest BCUT2D eigenvalue weighted by Gasteiger charge is 2.34. The van der Waals surface area contributed by atoms with Crippen molar-refractivity contribution in [1.82, 2.24) is 5.32 Å². The molecule has 6 heteroatoms. The van der Waals surface area contributed by atoms with Crippen molar-refractivity contribution in [2.24, 2.45) is 4.99 Å². The zero-order valence-corrected chi connectivity index (χ0v) is 14.7. The van der Waals surface area contributed by atoms with Gasteiger partial charge in [-0.1, -0.05) is 23.7 Å². The molecule has 2 heterocycles. The summed E-state index contributed by atoms with van der Waals surface area (Å²) in [6.07, 6.45) is -0.959. The third kappa shape index (κ3) is 2.65. The van der Waals surface area contributed by atoms with E-state index >= 15 is 0 Å². The predicted octanol–water partition coefficient (Wildman–Crippen LogP) is 4.18. The van der Waals surface area contributed by atoms with Crippen LogP contribution in [0.4, 0.5) is 11.4 Å². The highest BCUT2D eigenvalue weighted by molar-refractivity contribution is 6.31. The number of nitrogens with one attached hydrogen (secondary N) is 1. The van der Waals surface area contributed by atoms with Gasteiger partial charge in [0.2, 0.25) is 6.35 Å². The number of anilines is 2. The van der Waals surface area contributed by atoms with Gasteiger partial charge in [0.15, 0.2) is 11.6 Å². The number of aliphatic imine (C=N–C) groups is 1. The minimum atomic E-state index is -0.959. The molecule has 1 aliphatic rings. The van der Waals surface area contributed by atoms with Crippen molar-refractivity contribution in [2.45, 2.75) is 20.2 Å². The van der Waals surface area contributed by atoms with E-state index in [1.807, 2.05) is 50.2 Å². The van der Waals surface area contributed by atoms with Gasteiger partial charge in [-0.25, -0.2) is 0 Å². The van der Waals surface area contributed by atoms with Crippen LogP contribution in [0.25, 0.3) is 11.0 Å². The van der Waals surface area contributed by atoms with Crippen molar-refractivity contribution in [1.29, 1.82) is 0 Å². The molecule has 0 saturated heterocycles. The van der Waals surface area contributed by atoms with Crippen LogP contribution < -0.4 is 10.2 Å². The van der Waals surface area contributed by atoms with Crippen molar-refractivity contribution in [2.75, 3.05) is 11.4 Å². The highest BCUT2D eigenvalue weighted by atomic mass is 35.5. The molecule has 3 aromatic rings. The minimum Gasteiger partial charge on any atom is -0.451 e. The molecule has 1 unspecified atom stereocenters. The molecule has 0 fully saturated rings. The van der Waals surface area contributed by atoms with Crippen molar-refractivity contribution < 1.29 is 9.52 Å². The molecule has 25 heavy (non-hydrogen) atoms. The maximum Gasteiger partial charge on any atom is 0.211 e. The van der Waals surface area contributed by atoms with Gasteiger partial charge in [0, 0.05) is 22.6 Å². The molecule has 0 spiro atoms. The molecule has 5 nitrogen and oxygen atoms in total. The molecule has 0 radical (unpaired) electrons. The van der Waals surface area contributed by atoms with Crippen LogP contribution in [0.1, 0.15) is 18.2 Å². The number of aliphatic hydroxyl groups is 1. The van der Waals surface area contributed by atoms with Crippen LogP contribution in [0.15, 0.2) is 51.9 Å². The van der Waals surface area contributed by atoms with Gasteiger partial charge in [-0.15, -0.1) is 0 Å². The smallest absolute Gasteiger partial charge is 0.211 e. The zero-order valence-electron chi connectivity index (χ0n) is 14.0. The minimum absolute atomic E-state index is 0.543. The summed E-state index contributed by atoms with van der Waals surface area (Å²) in [6, 6.07) is 13.4. The number of aliphatic hydroxyl groups excluding tert-OH is 1. The fourth-order valence-corrected chi connectivity index (χ4v) is 3.33. The van der Waals surface area contributed by atoms with Crippen molar-refractivity contribution in [3.8, 4) is 0 Å². The fourth-order valence-electron chi connectivity index (χ4n) is 3.15. The van der Waals surface area contributed by atoms with E-state index in [1.54, 1.807) is 11.0 Å². The number of hydrogen-bond donors (Lipinski definition) is 2. The number of furan rings is 1. The molecular weight excluding hydrogens is 338 g/mol. The van der Waals surface area contributed by atoms with E-state index in [9.17, 15) is 5.11 Å². The first-order valence-electron chi connectivity index (χ1n) is 8.16. The van der Waals surface area contributed by atoms with Crippen LogP contribution in [0, 0.1) is 6.92 Å². The Labute approximate surface area is 150 Å². The van der Waals surface area contributed by atoms with Gasteiger partial charge in [-0.3, -0.25) is 9.89 Å². The van der Waals surface area contributed by atoms with Crippen LogP contribution in [-0.4, -0.2) is 23.8 Å². The first-order valence-corrected chi connectivity index (χ1v) is 8.53. The number of hydrogen-bond acceptors (Lipinski definition) is 4. The van der Waals surface area contributed by atoms with Crippen molar-refractivity contribution in [3.05, 3.63) is 58.8 Å². The lowest BCUT2D eigenvalue weighted by Gasteiger charge is -2.35. The second-order valence-electron chi connectivity index (χ2n) is 5.97. The van der Waals surface area contributed by atoms with E-state index < -0.39 is 6.35 Å². The summed E-state index contributed by atoms with van der Waals surface area (Å²) in [6.45, 7) is 4.53. The SMILES string of the molecule is CCN=C1NC(O)N(c2cccc(C)c2)c2c1oc1ccc(Cl)cc21. The Kier molecular flexibility index (Phi) is 3.90. The lowest BCUT2D eigenvalue weighted by Crippen LogP contribution is -2.50. The molecule has 0 bridgehead atoms. The molecule has 128 valence electrons. The van der Waals surface area contributed by atoms with Gasteiger partial charge in [0.1, 0.15) is 11.3 Å². The van der Waals surface area contributed by atoms with Gasteiger partial charge in [-0.05, 0) is 49.7 Å². The number of amidine groups is 1. The molecule has 2 aromatic carbocycles. The summed E-state index contributed by atoms with van der Waals surface area (Å²) in [5, 5.41) is 15.2. The number of aryl methyl sites for hydroxylation is 1. The normalized spacial score (nSPS) is 18.5. The van der Waals surface area contributed by atoms with E-state index in [1.165, 1.54) is 0 Å². The van der Waals surface area contributed by atoms with Crippen LogP contribution in [0.5, 0.6) is 0 Å². The summed E-state index contributed by atoms with van der Waals surface area (Å²) < 4.78 is 6.04. The maximum atomic E-state index is 10.8. The first-order chi connectivity index (χ1) is 12.1. The molecule has 1 aromatic heterocycles. The van der Waals surface area contributed by atoms with Gasteiger partial charge >= 0.3 is 0 Å². The van der Waals surface area contributed by atoms with Gasteiger partial charge in [0.05, 0.1) is 0 Å². The molecule has 1 atom stereocenters. The van der Waals surface area contributed by atoms with Crippen LogP contribution in [0.2, 0.25) is 5.02 Å². The lowest BCUT2D eigenvalue weighted by atomic mass is 10.1. The number of rotatable bonds is 2. The molecule has 2 N–H and O–H groups in total. The molecule has 0 saturated carbocycles. The Balaban J connectivity index is 2.01. The summed E-state index contributed by atoms with van der Waals surface area (Å²) >= 11 is 6.20. The van der Waals surface area contributed by atoms with Crippen LogP contribution >= 0.6 is 11.6 Å². The Bertz CT molecular complexity index is 980. The molecule has 0 aliphatic carbocycles. The molecular formula is C19H18ClN3O2.